The Bertz CT molecular complexity index is 507. The molecule has 2 N–H and O–H groups in total. The van der Waals surface area contributed by atoms with Crippen molar-refractivity contribution < 1.29 is 4.79 Å². The molecule has 1 aromatic rings. The number of hydrogen-bond acceptors (Lipinski definition) is 2. The van der Waals surface area contributed by atoms with Crippen LogP contribution in [0.1, 0.15) is 56.2 Å². The fourth-order valence-electron chi connectivity index (χ4n) is 3.60. The van der Waals surface area contributed by atoms with Crippen molar-refractivity contribution in [2.24, 2.45) is 5.73 Å². The van der Waals surface area contributed by atoms with Crippen LogP contribution in [0.5, 0.6) is 0 Å². The minimum Gasteiger partial charge on any atom is -0.335 e. The summed E-state index contributed by atoms with van der Waals surface area (Å²) in [7, 11) is 0. The van der Waals surface area contributed by atoms with Crippen molar-refractivity contribution in [2.45, 2.75) is 57.0 Å². The lowest BCUT2D eigenvalue weighted by Crippen LogP contribution is -2.51. The van der Waals surface area contributed by atoms with Gasteiger partial charge in [0.15, 0.2) is 0 Å². The zero-order valence-electron chi connectivity index (χ0n) is 12.3. The summed E-state index contributed by atoms with van der Waals surface area (Å²) in [4.78, 5) is 14.7. The van der Waals surface area contributed by atoms with E-state index < -0.39 is 0 Å². The third kappa shape index (κ3) is 2.35. The Morgan fingerprint density at radius 2 is 2.15 bits per heavy atom. The quantitative estimate of drug-likeness (QED) is 0.919. The SMILES string of the molecule is CCC1c2ccccc2CCN1C(=O)CC1(N)CCC1. The number of benzene rings is 1. The molecule has 1 unspecified atom stereocenters. The Labute approximate surface area is 121 Å². The highest BCUT2D eigenvalue weighted by Gasteiger charge is 2.38. The molecule has 2 aliphatic rings. The summed E-state index contributed by atoms with van der Waals surface area (Å²) >= 11 is 0. The molecule has 1 saturated carbocycles. The maximum atomic E-state index is 12.6. The van der Waals surface area contributed by atoms with Gasteiger partial charge in [-0.05, 0) is 43.2 Å². The first kappa shape index (κ1) is 13.6. The lowest BCUT2D eigenvalue weighted by Gasteiger charge is -2.42. The fraction of sp³-hybridized carbons (Fsp3) is 0.588. The van der Waals surface area contributed by atoms with Gasteiger partial charge in [-0.1, -0.05) is 31.2 Å². The molecule has 20 heavy (non-hydrogen) atoms. The highest BCUT2D eigenvalue weighted by atomic mass is 16.2. The number of hydrogen-bond donors (Lipinski definition) is 1. The molecule has 1 aliphatic heterocycles. The van der Waals surface area contributed by atoms with Crippen LogP contribution in [0.2, 0.25) is 0 Å². The first-order valence-electron chi connectivity index (χ1n) is 7.79. The molecule has 3 heteroatoms. The Morgan fingerprint density at radius 3 is 2.80 bits per heavy atom. The van der Waals surface area contributed by atoms with E-state index in [9.17, 15) is 4.79 Å². The minimum atomic E-state index is -0.216. The van der Waals surface area contributed by atoms with Gasteiger partial charge in [-0.15, -0.1) is 0 Å². The van der Waals surface area contributed by atoms with E-state index in [0.29, 0.717) is 6.42 Å². The van der Waals surface area contributed by atoms with Gasteiger partial charge in [0.1, 0.15) is 0 Å². The zero-order chi connectivity index (χ0) is 14.2. The second kappa shape index (κ2) is 5.21. The van der Waals surface area contributed by atoms with Crippen LogP contribution < -0.4 is 5.73 Å². The Kier molecular flexibility index (Phi) is 3.55. The molecule has 3 rings (SSSR count). The van der Waals surface area contributed by atoms with Gasteiger partial charge in [-0.2, -0.15) is 0 Å². The molecule has 0 bridgehead atoms. The van der Waals surface area contributed by atoms with Crippen molar-refractivity contribution in [2.75, 3.05) is 6.54 Å². The minimum absolute atomic E-state index is 0.216. The second-order valence-electron chi connectivity index (χ2n) is 6.35. The first-order valence-corrected chi connectivity index (χ1v) is 7.79. The van der Waals surface area contributed by atoms with Gasteiger partial charge in [0, 0.05) is 18.5 Å². The summed E-state index contributed by atoms with van der Waals surface area (Å²) in [5.74, 6) is 0.244. The first-order chi connectivity index (χ1) is 9.63. The summed E-state index contributed by atoms with van der Waals surface area (Å²) in [6.07, 6.45) is 5.63. The van der Waals surface area contributed by atoms with Crippen LogP contribution in [0.25, 0.3) is 0 Å². The standard InChI is InChI=1S/C17H24N2O/c1-2-15-14-7-4-3-6-13(14)8-11-19(15)16(20)12-17(18)9-5-10-17/h3-4,6-7,15H,2,5,8-12,18H2,1H3. The molecule has 0 aromatic heterocycles. The van der Waals surface area contributed by atoms with Crippen molar-refractivity contribution in [3.63, 3.8) is 0 Å². The van der Waals surface area contributed by atoms with Crippen molar-refractivity contribution in [3.05, 3.63) is 35.4 Å². The van der Waals surface area contributed by atoms with E-state index in [-0.39, 0.29) is 17.5 Å². The fourth-order valence-corrected chi connectivity index (χ4v) is 3.60. The van der Waals surface area contributed by atoms with Gasteiger partial charge in [-0.25, -0.2) is 0 Å². The number of carbonyl (C=O) groups is 1. The summed E-state index contributed by atoms with van der Waals surface area (Å²) < 4.78 is 0. The van der Waals surface area contributed by atoms with Crippen LogP contribution >= 0.6 is 0 Å². The topological polar surface area (TPSA) is 46.3 Å². The maximum absolute atomic E-state index is 12.6. The van der Waals surface area contributed by atoms with Gasteiger partial charge in [0.05, 0.1) is 6.04 Å². The largest absolute Gasteiger partial charge is 0.335 e. The molecule has 0 saturated heterocycles. The number of carbonyl (C=O) groups excluding carboxylic acids is 1. The Morgan fingerprint density at radius 1 is 1.40 bits per heavy atom. The maximum Gasteiger partial charge on any atom is 0.224 e. The van der Waals surface area contributed by atoms with Gasteiger partial charge in [0.25, 0.3) is 0 Å². The molecule has 1 aliphatic carbocycles. The lowest BCUT2D eigenvalue weighted by molar-refractivity contribution is -0.136. The third-order valence-corrected chi connectivity index (χ3v) is 4.97. The van der Waals surface area contributed by atoms with Crippen LogP contribution in [-0.2, 0) is 11.2 Å². The van der Waals surface area contributed by atoms with Crippen LogP contribution in [0.4, 0.5) is 0 Å². The number of nitrogens with zero attached hydrogens (tertiary/aromatic N) is 1. The molecule has 1 heterocycles. The van der Waals surface area contributed by atoms with E-state index >= 15 is 0 Å². The Hall–Kier alpha value is -1.35. The number of rotatable bonds is 3. The van der Waals surface area contributed by atoms with E-state index in [1.54, 1.807) is 0 Å². The summed E-state index contributed by atoms with van der Waals surface area (Å²) in [5.41, 5.74) is 8.75. The van der Waals surface area contributed by atoms with Gasteiger partial charge in [-0.3, -0.25) is 4.79 Å². The second-order valence-corrected chi connectivity index (χ2v) is 6.35. The molecule has 1 aromatic carbocycles. The van der Waals surface area contributed by atoms with Crippen molar-refractivity contribution in [1.82, 2.24) is 4.90 Å². The van der Waals surface area contributed by atoms with Gasteiger partial charge >= 0.3 is 0 Å². The summed E-state index contributed by atoms with van der Waals surface area (Å²) in [6.45, 7) is 3.00. The predicted octanol–water partition coefficient (Wildman–Crippen LogP) is 2.79. The molecule has 0 spiro atoms. The van der Waals surface area contributed by atoms with Gasteiger partial charge < -0.3 is 10.6 Å². The molecule has 1 amide bonds. The predicted molar refractivity (Wildman–Crippen MR) is 80.3 cm³/mol. The molecule has 3 nitrogen and oxygen atoms in total. The van der Waals surface area contributed by atoms with Crippen molar-refractivity contribution >= 4 is 5.91 Å². The summed E-state index contributed by atoms with van der Waals surface area (Å²) in [5, 5.41) is 0. The average Bonchev–Trinajstić information content (AvgIpc) is 2.44. The normalized spacial score (nSPS) is 23.9. The van der Waals surface area contributed by atoms with E-state index in [4.69, 9.17) is 5.73 Å². The van der Waals surface area contributed by atoms with E-state index in [1.807, 2.05) is 0 Å². The highest BCUT2D eigenvalue weighted by molar-refractivity contribution is 5.78. The third-order valence-electron chi connectivity index (χ3n) is 4.97. The molecule has 108 valence electrons. The lowest BCUT2D eigenvalue weighted by atomic mass is 9.75. The monoisotopic (exact) mass is 272 g/mol. The molecule has 0 radical (unpaired) electrons. The van der Waals surface area contributed by atoms with Crippen LogP contribution in [0.15, 0.2) is 24.3 Å². The zero-order valence-corrected chi connectivity index (χ0v) is 12.3. The van der Waals surface area contributed by atoms with Crippen LogP contribution in [0, 0.1) is 0 Å². The van der Waals surface area contributed by atoms with Crippen molar-refractivity contribution in [3.8, 4) is 0 Å². The van der Waals surface area contributed by atoms with Crippen LogP contribution in [-0.4, -0.2) is 22.9 Å². The smallest absolute Gasteiger partial charge is 0.224 e. The summed E-state index contributed by atoms with van der Waals surface area (Å²) in [6, 6.07) is 8.76. The molecular weight excluding hydrogens is 248 g/mol. The molecule has 1 fully saturated rings. The number of amides is 1. The van der Waals surface area contributed by atoms with E-state index in [1.165, 1.54) is 17.5 Å². The van der Waals surface area contributed by atoms with E-state index in [2.05, 4.69) is 36.1 Å². The van der Waals surface area contributed by atoms with E-state index in [0.717, 1.165) is 32.2 Å². The Balaban J connectivity index is 1.78. The molecular formula is C17H24N2O. The molecule has 1 atom stereocenters. The number of nitrogens with two attached hydrogens (primary N) is 1. The van der Waals surface area contributed by atoms with Crippen molar-refractivity contribution in [1.29, 1.82) is 0 Å². The number of fused-ring (bicyclic) bond motifs is 1. The average molecular weight is 272 g/mol. The highest BCUT2D eigenvalue weighted by Crippen LogP contribution is 2.36. The van der Waals surface area contributed by atoms with Gasteiger partial charge in [0.2, 0.25) is 5.91 Å². The van der Waals surface area contributed by atoms with Crippen LogP contribution in [0.3, 0.4) is 0 Å².